The van der Waals surface area contributed by atoms with Gasteiger partial charge in [0.05, 0.1) is 6.61 Å². The smallest absolute Gasteiger partial charge is 0.0587 e. The van der Waals surface area contributed by atoms with E-state index in [1.165, 1.54) is 11.1 Å². The lowest BCUT2D eigenvalue weighted by Crippen LogP contribution is -2.20. The predicted molar refractivity (Wildman–Crippen MR) is 69.3 cm³/mol. The normalized spacial score (nSPS) is 10.7. The minimum absolute atomic E-state index is 0.769. The molecule has 1 N–H and O–H groups in total. The first-order chi connectivity index (χ1) is 7.74. The highest BCUT2D eigenvalue weighted by Gasteiger charge is 1.99. The van der Waals surface area contributed by atoms with Crippen LogP contribution in [-0.4, -0.2) is 26.8 Å². The van der Waals surface area contributed by atoms with Gasteiger partial charge in [-0.3, -0.25) is 0 Å². The van der Waals surface area contributed by atoms with Crippen molar-refractivity contribution in [3.05, 3.63) is 34.3 Å². The topological polar surface area (TPSA) is 21.3 Å². The van der Waals surface area contributed by atoms with Crippen molar-refractivity contribution >= 4 is 11.6 Å². The minimum atomic E-state index is 0.769. The molecule has 16 heavy (non-hydrogen) atoms. The second kappa shape index (κ2) is 7.66. The molecule has 1 rings (SSSR count). The van der Waals surface area contributed by atoms with Crippen molar-refractivity contribution in [2.75, 3.05) is 26.8 Å². The van der Waals surface area contributed by atoms with E-state index >= 15 is 0 Å². The number of hydrogen-bond acceptors (Lipinski definition) is 2. The summed E-state index contributed by atoms with van der Waals surface area (Å²) in [6.07, 6.45) is 2.13. The van der Waals surface area contributed by atoms with Crippen LogP contribution in [0.5, 0.6) is 0 Å². The van der Waals surface area contributed by atoms with E-state index in [1.807, 2.05) is 6.07 Å². The van der Waals surface area contributed by atoms with Crippen LogP contribution in [0.3, 0.4) is 0 Å². The second-order valence-corrected chi connectivity index (χ2v) is 4.35. The van der Waals surface area contributed by atoms with Gasteiger partial charge in [-0.1, -0.05) is 23.7 Å². The van der Waals surface area contributed by atoms with Crippen LogP contribution in [0.15, 0.2) is 18.2 Å². The molecule has 0 unspecified atom stereocenters. The van der Waals surface area contributed by atoms with Crippen molar-refractivity contribution in [1.82, 2.24) is 5.32 Å². The Balaban J connectivity index is 2.21. The number of ether oxygens (including phenoxy) is 1. The van der Waals surface area contributed by atoms with Gasteiger partial charge >= 0.3 is 0 Å². The summed E-state index contributed by atoms with van der Waals surface area (Å²) in [7, 11) is 1.72. The molecule has 0 atom stereocenters. The molecule has 0 aliphatic carbocycles. The Morgan fingerprint density at radius 3 is 2.81 bits per heavy atom. The fourth-order valence-corrected chi connectivity index (χ4v) is 1.89. The van der Waals surface area contributed by atoms with Crippen molar-refractivity contribution in [2.45, 2.75) is 19.8 Å². The van der Waals surface area contributed by atoms with E-state index in [9.17, 15) is 0 Å². The van der Waals surface area contributed by atoms with E-state index in [2.05, 4.69) is 24.4 Å². The van der Waals surface area contributed by atoms with Gasteiger partial charge in [-0.05, 0) is 43.5 Å². The van der Waals surface area contributed by atoms with Crippen LogP contribution in [-0.2, 0) is 11.2 Å². The van der Waals surface area contributed by atoms with Crippen molar-refractivity contribution in [3.8, 4) is 0 Å². The third-order valence-electron chi connectivity index (χ3n) is 2.49. The quantitative estimate of drug-likeness (QED) is 0.742. The molecular weight excluding hydrogens is 222 g/mol. The summed E-state index contributed by atoms with van der Waals surface area (Å²) in [5, 5.41) is 4.21. The molecule has 1 aromatic rings. The molecule has 0 aromatic heterocycles. The maximum Gasteiger partial charge on any atom is 0.0587 e. The number of benzene rings is 1. The molecule has 1 aromatic carbocycles. The molecule has 0 saturated carbocycles. The lowest BCUT2D eigenvalue weighted by atomic mass is 10.1. The van der Waals surface area contributed by atoms with Crippen molar-refractivity contribution in [1.29, 1.82) is 0 Å². The Kier molecular flexibility index (Phi) is 6.46. The summed E-state index contributed by atoms with van der Waals surface area (Å²) >= 11 is 6.15. The third-order valence-corrected chi connectivity index (χ3v) is 2.84. The molecule has 0 fully saturated rings. The van der Waals surface area contributed by atoms with Crippen molar-refractivity contribution < 1.29 is 4.74 Å². The highest BCUT2D eigenvalue weighted by molar-refractivity contribution is 6.31. The lowest BCUT2D eigenvalue weighted by Gasteiger charge is -2.06. The first-order valence-electron chi connectivity index (χ1n) is 5.68. The number of methoxy groups -OCH3 is 1. The van der Waals surface area contributed by atoms with E-state index in [1.54, 1.807) is 7.11 Å². The lowest BCUT2D eigenvalue weighted by molar-refractivity contribution is 0.199. The summed E-state index contributed by atoms with van der Waals surface area (Å²) in [5.74, 6) is 0. The molecule has 0 bridgehead atoms. The van der Waals surface area contributed by atoms with Crippen molar-refractivity contribution in [2.24, 2.45) is 0 Å². The molecule has 0 radical (unpaired) electrons. The molecule has 0 aliphatic rings. The van der Waals surface area contributed by atoms with Gasteiger partial charge in [-0.2, -0.15) is 0 Å². The van der Waals surface area contributed by atoms with Gasteiger partial charge < -0.3 is 10.1 Å². The summed E-state index contributed by atoms with van der Waals surface area (Å²) in [6, 6.07) is 6.25. The zero-order valence-corrected chi connectivity index (χ0v) is 10.8. The van der Waals surface area contributed by atoms with Crippen LogP contribution in [0, 0.1) is 6.92 Å². The van der Waals surface area contributed by atoms with E-state index in [-0.39, 0.29) is 0 Å². The molecule has 90 valence electrons. The van der Waals surface area contributed by atoms with Crippen molar-refractivity contribution in [3.63, 3.8) is 0 Å². The van der Waals surface area contributed by atoms with Crippen LogP contribution in [0.4, 0.5) is 0 Å². The summed E-state index contributed by atoms with van der Waals surface area (Å²) < 4.78 is 4.96. The highest BCUT2D eigenvalue weighted by Crippen LogP contribution is 2.18. The average Bonchev–Trinajstić information content (AvgIpc) is 2.26. The molecule has 0 aliphatic heterocycles. The Labute approximate surface area is 103 Å². The Morgan fingerprint density at radius 1 is 1.31 bits per heavy atom. The first-order valence-corrected chi connectivity index (χ1v) is 6.06. The molecule has 0 spiro atoms. The van der Waals surface area contributed by atoms with Gasteiger partial charge in [0, 0.05) is 18.7 Å². The molecule has 0 saturated heterocycles. The number of aryl methyl sites for hydroxylation is 2. The molecule has 0 amide bonds. The second-order valence-electron chi connectivity index (χ2n) is 3.94. The minimum Gasteiger partial charge on any atom is -0.383 e. The Hall–Kier alpha value is -0.570. The van der Waals surface area contributed by atoms with Crippen LogP contribution in [0.1, 0.15) is 17.5 Å². The van der Waals surface area contributed by atoms with Crippen LogP contribution in [0.25, 0.3) is 0 Å². The average molecular weight is 242 g/mol. The van der Waals surface area contributed by atoms with E-state index in [0.29, 0.717) is 0 Å². The number of hydrogen-bond donors (Lipinski definition) is 1. The monoisotopic (exact) mass is 241 g/mol. The molecule has 2 nitrogen and oxygen atoms in total. The molecular formula is C13H20ClNO. The number of rotatable bonds is 7. The Bertz CT molecular complexity index is 315. The fraction of sp³-hybridized carbons (Fsp3) is 0.538. The maximum absolute atomic E-state index is 6.15. The summed E-state index contributed by atoms with van der Waals surface area (Å²) in [5.41, 5.74) is 2.45. The van der Waals surface area contributed by atoms with Crippen LogP contribution in [0.2, 0.25) is 5.02 Å². The van der Waals surface area contributed by atoms with E-state index in [0.717, 1.165) is 37.6 Å². The van der Waals surface area contributed by atoms with Gasteiger partial charge in [0.1, 0.15) is 0 Å². The van der Waals surface area contributed by atoms with Crippen LogP contribution < -0.4 is 5.32 Å². The van der Waals surface area contributed by atoms with Gasteiger partial charge in [-0.15, -0.1) is 0 Å². The fourth-order valence-electron chi connectivity index (χ4n) is 1.56. The molecule has 3 heteroatoms. The standard InChI is InChI=1S/C13H20ClNO/c1-11-5-6-12(13(14)10-11)4-3-7-15-8-9-16-2/h5-6,10,15H,3-4,7-9H2,1-2H3. The highest BCUT2D eigenvalue weighted by atomic mass is 35.5. The summed E-state index contributed by atoms with van der Waals surface area (Å²) in [4.78, 5) is 0. The Morgan fingerprint density at radius 2 is 2.12 bits per heavy atom. The van der Waals surface area contributed by atoms with Gasteiger partial charge in [0.15, 0.2) is 0 Å². The SMILES string of the molecule is COCCNCCCc1ccc(C)cc1Cl. The molecule has 0 heterocycles. The zero-order chi connectivity index (χ0) is 11.8. The maximum atomic E-state index is 6.15. The number of halogens is 1. The van der Waals surface area contributed by atoms with E-state index < -0.39 is 0 Å². The zero-order valence-electron chi connectivity index (χ0n) is 10.1. The number of nitrogens with one attached hydrogen (secondary N) is 1. The van der Waals surface area contributed by atoms with Gasteiger partial charge in [0.25, 0.3) is 0 Å². The largest absolute Gasteiger partial charge is 0.383 e. The summed E-state index contributed by atoms with van der Waals surface area (Å²) in [6.45, 7) is 4.75. The van der Waals surface area contributed by atoms with Gasteiger partial charge in [0.2, 0.25) is 0 Å². The van der Waals surface area contributed by atoms with Gasteiger partial charge in [-0.25, -0.2) is 0 Å². The van der Waals surface area contributed by atoms with Crippen LogP contribution >= 0.6 is 11.6 Å². The van der Waals surface area contributed by atoms with E-state index in [4.69, 9.17) is 16.3 Å². The predicted octanol–water partition coefficient (Wildman–Crippen LogP) is 2.82. The third kappa shape index (κ3) is 4.97. The first kappa shape index (κ1) is 13.5.